The van der Waals surface area contributed by atoms with Gasteiger partial charge in [0.15, 0.2) is 0 Å². The molecule has 0 bridgehead atoms. The summed E-state index contributed by atoms with van der Waals surface area (Å²) in [6, 6.07) is 9.93. The average molecular weight is 456 g/mol. The molecule has 8 heteroatoms. The number of nitrogens with zero attached hydrogens (tertiary/aromatic N) is 3. The molecule has 3 aromatic heterocycles. The van der Waals surface area contributed by atoms with Gasteiger partial charge in [-0.25, -0.2) is 13.8 Å². The first-order valence-corrected chi connectivity index (χ1v) is 11.0. The number of benzene rings is 1. The molecule has 4 aromatic rings. The van der Waals surface area contributed by atoms with Crippen LogP contribution < -0.4 is 5.56 Å². The molecule has 0 aliphatic heterocycles. The van der Waals surface area contributed by atoms with Gasteiger partial charge >= 0.3 is 0 Å². The van der Waals surface area contributed by atoms with Crippen LogP contribution >= 0.6 is 11.3 Å². The third kappa shape index (κ3) is 4.42. The Balaban J connectivity index is 1.73. The first kappa shape index (κ1) is 22.1. The third-order valence-electron chi connectivity index (χ3n) is 5.42. The van der Waals surface area contributed by atoms with E-state index in [1.54, 1.807) is 18.5 Å². The molecule has 0 spiro atoms. The van der Waals surface area contributed by atoms with E-state index in [0.29, 0.717) is 0 Å². The normalized spacial score (nSPS) is 12.4. The van der Waals surface area contributed by atoms with Gasteiger partial charge in [0.25, 0.3) is 12.0 Å². The van der Waals surface area contributed by atoms with Gasteiger partial charge in [0.05, 0.1) is 24.7 Å². The molecular weight excluding hydrogens is 432 g/mol. The van der Waals surface area contributed by atoms with Gasteiger partial charge in [0, 0.05) is 40.5 Å². The highest BCUT2D eigenvalue weighted by atomic mass is 32.1. The molecule has 5 nitrogen and oxygen atoms in total. The van der Waals surface area contributed by atoms with E-state index in [-0.39, 0.29) is 29.7 Å². The zero-order chi connectivity index (χ0) is 22.8. The zero-order valence-corrected chi connectivity index (χ0v) is 18.5. The van der Waals surface area contributed by atoms with Crippen molar-refractivity contribution in [2.45, 2.75) is 32.7 Å². The van der Waals surface area contributed by atoms with Crippen LogP contribution in [0, 0.1) is 13.8 Å². The van der Waals surface area contributed by atoms with Crippen molar-refractivity contribution in [3.05, 3.63) is 104 Å². The van der Waals surface area contributed by atoms with Gasteiger partial charge in [-0.3, -0.25) is 4.79 Å². The number of thiophene rings is 1. The molecule has 0 fully saturated rings. The smallest absolute Gasteiger partial charge is 0.265 e. The van der Waals surface area contributed by atoms with Crippen molar-refractivity contribution in [3.8, 4) is 5.69 Å². The Hall–Kier alpha value is -3.10. The highest BCUT2D eigenvalue weighted by molar-refractivity contribution is 7.10. The van der Waals surface area contributed by atoms with Crippen molar-refractivity contribution < 1.29 is 13.9 Å². The number of aliphatic hydroxyl groups excluding tert-OH is 1. The molecule has 0 aliphatic rings. The Labute approximate surface area is 188 Å². The second-order valence-corrected chi connectivity index (χ2v) is 8.72. The van der Waals surface area contributed by atoms with Crippen LogP contribution in [0.15, 0.2) is 65.3 Å². The number of imidazole rings is 1. The van der Waals surface area contributed by atoms with Crippen LogP contribution in [-0.2, 0) is 6.42 Å². The predicted molar refractivity (Wildman–Crippen MR) is 121 cm³/mol. The van der Waals surface area contributed by atoms with Gasteiger partial charge in [-0.15, -0.1) is 11.3 Å². The fourth-order valence-electron chi connectivity index (χ4n) is 3.85. The molecule has 0 unspecified atom stereocenters. The fraction of sp³-hybridized carbons (Fsp3) is 0.250. The van der Waals surface area contributed by atoms with E-state index >= 15 is 0 Å². The zero-order valence-electron chi connectivity index (χ0n) is 17.7. The van der Waals surface area contributed by atoms with Crippen molar-refractivity contribution in [2.75, 3.05) is 6.61 Å². The molecule has 3 heterocycles. The third-order valence-corrected chi connectivity index (χ3v) is 6.39. The topological polar surface area (TPSA) is 60.0 Å². The molecule has 0 aliphatic carbocycles. The molecule has 32 heavy (non-hydrogen) atoms. The summed E-state index contributed by atoms with van der Waals surface area (Å²) in [6.07, 6.45) is 2.31. The summed E-state index contributed by atoms with van der Waals surface area (Å²) in [6.45, 7) is 3.52. The second kappa shape index (κ2) is 9.18. The fourth-order valence-corrected chi connectivity index (χ4v) is 4.67. The minimum absolute atomic E-state index is 0.214. The van der Waals surface area contributed by atoms with Gasteiger partial charge in [-0.05, 0) is 48.6 Å². The monoisotopic (exact) mass is 455 g/mol. The van der Waals surface area contributed by atoms with E-state index in [0.717, 1.165) is 33.6 Å². The lowest BCUT2D eigenvalue weighted by molar-refractivity contribution is 0.149. The first-order chi connectivity index (χ1) is 15.4. The predicted octanol–water partition coefficient (Wildman–Crippen LogP) is 4.82. The van der Waals surface area contributed by atoms with Crippen molar-refractivity contribution in [1.29, 1.82) is 0 Å². The summed E-state index contributed by atoms with van der Waals surface area (Å²) in [7, 11) is 0. The quantitative estimate of drug-likeness (QED) is 0.435. The molecule has 1 N–H and O–H groups in total. The number of hydrogen-bond donors (Lipinski definition) is 1. The lowest BCUT2D eigenvalue weighted by atomic mass is 10.0. The summed E-state index contributed by atoms with van der Waals surface area (Å²) >= 11 is 1.37. The van der Waals surface area contributed by atoms with Gasteiger partial charge in [0.2, 0.25) is 0 Å². The van der Waals surface area contributed by atoms with Crippen LogP contribution in [0.4, 0.5) is 8.78 Å². The number of alkyl halides is 2. The summed E-state index contributed by atoms with van der Waals surface area (Å²) in [5.41, 5.74) is 3.34. The van der Waals surface area contributed by atoms with Crippen LogP contribution in [0.25, 0.3) is 5.69 Å². The maximum Gasteiger partial charge on any atom is 0.265 e. The van der Waals surface area contributed by atoms with E-state index < -0.39 is 12.5 Å². The SMILES string of the molecule is Cc1cn(-c2ccc(Cc3cc(C(F)F)cn([C@@H](CO)c4cccs4)c3=O)cc2C)cn1. The number of halogens is 2. The van der Waals surface area contributed by atoms with Gasteiger partial charge in [-0.1, -0.05) is 18.2 Å². The molecule has 1 atom stereocenters. The molecular formula is C24H23F2N3O2S. The number of pyridine rings is 1. The molecule has 0 saturated heterocycles. The Kier molecular flexibility index (Phi) is 6.34. The molecule has 166 valence electrons. The summed E-state index contributed by atoms with van der Waals surface area (Å²) < 4.78 is 30.4. The Morgan fingerprint density at radius 2 is 1.97 bits per heavy atom. The molecule has 4 rings (SSSR count). The summed E-state index contributed by atoms with van der Waals surface area (Å²) in [5.74, 6) is 0. The van der Waals surface area contributed by atoms with E-state index in [2.05, 4.69) is 4.98 Å². The standard InChI is InChI=1S/C24H23F2N3O2S/c1-15-8-17(5-6-20(15)28-11-16(2)27-14-28)9-18-10-19(23(25)26)12-29(24(18)31)21(13-30)22-4-3-7-32-22/h3-8,10-12,14,21,23,30H,9,13H2,1-2H3/t21-/m0/s1. The first-order valence-electron chi connectivity index (χ1n) is 10.1. The van der Waals surface area contributed by atoms with Crippen LogP contribution in [0.5, 0.6) is 0 Å². The van der Waals surface area contributed by atoms with Crippen molar-refractivity contribution in [2.24, 2.45) is 0 Å². The molecule has 0 saturated carbocycles. The van der Waals surface area contributed by atoms with E-state index in [4.69, 9.17) is 0 Å². The maximum atomic E-state index is 13.6. The lowest BCUT2D eigenvalue weighted by Gasteiger charge is -2.19. The average Bonchev–Trinajstić information content (AvgIpc) is 3.43. The second-order valence-electron chi connectivity index (χ2n) is 7.75. The van der Waals surface area contributed by atoms with Crippen molar-refractivity contribution in [3.63, 3.8) is 0 Å². The van der Waals surface area contributed by atoms with Crippen LogP contribution in [-0.4, -0.2) is 25.8 Å². The molecule has 0 radical (unpaired) electrons. The van der Waals surface area contributed by atoms with Gasteiger partial charge in [-0.2, -0.15) is 0 Å². The number of hydrogen-bond acceptors (Lipinski definition) is 4. The minimum Gasteiger partial charge on any atom is -0.394 e. The number of aryl methyl sites for hydroxylation is 2. The number of aliphatic hydroxyl groups is 1. The van der Waals surface area contributed by atoms with E-state index in [9.17, 15) is 18.7 Å². The highest BCUT2D eigenvalue weighted by Crippen LogP contribution is 2.26. The van der Waals surface area contributed by atoms with E-state index in [1.807, 2.05) is 48.2 Å². The molecule has 1 aromatic carbocycles. The van der Waals surface area contributed by atoms with Crippen LogP contribution in [0.1, 0.15) is 45.3 Å². The Morgan fingerprint density at radius 1 is 1.16 bits per heavy atom. The van der Waals surface area contributed by atoms with Crippen LogP contribution in [0.2, 0.25) is 0 Å². The van der Waals surface area contributed by atoms with Crippen LogP contribution in [0.3, 0.4) is 0 Å². The highest BCUT2D eigenvalue weighted by Gasteiger charge is 2.21. The number of aromatic nitrogens is 3. The van der Waals surface area contributed by atoms with Gasteiger partial charge in [0.1, 0.15) is 0 Å². The van der Waals surface area contributed by atoms with Gasteiger partial charge < -0.3 is 14.2 Å². The Morgan fingerprint density at radius 3 is 2.56 bits per heavy atom. The van der Waals surface area contributed by atoms with Crippen molar-refractivity contribution >= 4 is 11.3 Å². The maximum absolute atomic E-state index is 13.6. The number of rotatable bonds is 7. The molecule has 0 amide bonds. The summed E-state index contributed by atoms with van der Waals surface area (Å²) in [5, 5.41) is 11.7. The Bertz CT molecular complexity index is 1280. The summed E-state index contributed by atoms with van der Waals surface area (Å²) in [4.78, 5) is 18.2. The van der Waals surface area contributed by atoms with E-state index in [1.165, 1.54) is 22.0 Å². The lowest BCUT2D eigenvalue weighted by Crippen LogP contribution is -2.30. The van der Waals surface area contributed by atoms with Crippen molar-refractivity contribution in [1.82, 2.24) is 14.1 Å². The largest absolute Gasteiger partial charge is 0.394 e. The minimum atomic E-state index is -2.73.